The van der Waals surface area contributed by atoms with Crippen molar-refractivity contribution >= 4 is 12.3 Å². The highest BCUT2D eigenvalue weighted by atomic mass is 19.1. The number of benzene rings is 2. The molecule has 0 aliphatic heterocycles. The summed E-state index contributed by atoms with van der Waals surface area (Å²) in [6, 6.07) is 11.1. The van der Waals surface area contributed by atoms with Gasteiger partial charge in [0.1, 0.15) is 30.4 Å². The van der Waals surface area contributed by atoms with Crippen molar-refractivity contribution in [3.05, 3.63) is 53.8 Å². The molecule has 0 saturated heterocycles. The van der Waals surface area contributed by atoms with Gasteiger partial charge in [-0.25, -0.2) is 14.6 Å². The summed E-state index contributed by atoms with van der Waals surface area (Å²) in [5, 5.41) is 3.88. The molecule has 0 heterocycles. The molecule has 30 heavy (non-hydrogen) atoms. The Bertz CT molecular complexity index is 848. The van der Waals surface area contributed by atoms with Crippen LogP contribution in [0.5, 0.6) is 17.2 Å². The van der Waals surface area contributed by atoms with Crippen molar-refractivity contribution in [3.8, 4) is 17.2 Å². The van der Waals surface area contributed by atoms with E-state index in [1.165, 1.54) is 18.3 Å². The Morgan fingerprint density at radius 1 is 1.03 bits per heavy atom. The van der Waals surface area contributed by atoms with Crippen LogP contribution in [0.4, 0.5) is 9.18 Å². The quantitative estimate of drug-likeness (QED) is 0.367. The number of nitrogens with one attached hydrogen (secondary N) is 1. The summed E-state index contributed by atoms with van der Waals surface area (Å²) < 4.78 is 34.9. The maximum absolute atomic E-state index is 12.9. The van der Waals surface area contributed by atoms with Crippen molar-refractivity contribution in [2.24, 2.45) is 5.10 Å². The average Bonchev–Trinajstić information content (AvgIpc) is 2.67. The van der Waals surface area contributed by atoms with Crippen molar-refractivity contribution in [2.75, 3.05) is 19.8 Å². The first-order chi connectivity index (χ1) is 14.3. The molecule has 2 aromatic rings. The smallest absolute Gasteiger partial charge is 0.428 e. The van der Waals surface area contributed by atoms with Crippen LogP contribution in [0.3, 0.4) is 0 Å². The van der Waals surface area contributed by atoms with Crippen LogP contribution in [0, 0.1) is 5.82 Å². The minimum absolute atomic E-state index is 0.283. The second-order valence-electron chi connectivity index (χ2n) is 7.16. The molecule has 0 fully saturated rings. The van der Waals surface area contributed by atoms with Crippen LogP contribution in [0.2, 0.25) is 0 Å². The van der Waals surface area contributed by atoms with E-state index in [1.54, 1.807) is 51.1 Å². The van der Waals surface area contributed by atoms with E-state index >= 15 is 0 Å². The molecule has 2 aromatic carbocycles. The van der Waals surface area contributed by atoms with Crippen LogP contribution >= 0.6 is 0 Å². The zero-order chi connectivity index (χ0) is 22.0. The highest BCUT2D eigenvalue weighted by Gasteiger charge is 2.15. The van der Waals surface area contributed by atoms with Gasteiger partial charge in [0.2, 0.25) is 0 Å². The SMILES string of the molecule is CCOc1cc(/C=N\NC(=O)OC(C)(C)C)ccc1OCCOc1ccc(F)cc1. The molecule has 162 valence electrons. The van der Waals surface area contributed by atoms with E-state index in [9.17, 15) is 9.18 Å². The van der Waals surface area contributed by atoms with E-state index in [4.69, 9.17) is 18.9 Å². The third-order valence-electron chi connectivity index (χ3n) is 3.46. The van der Waals surface area contributed by atoms with E-state index in [-0.39, 0.29) is 12.4 Å². The van der Waals surface area contributed by atoms with Crippen LogP contribution in [0.15, 0.2) is 47.6 Å². The summed E-state index contributed by atoms with van der Waals surface area (Å²) in [4.78, 5) is 11.6. The standard InChI is InChI=1S/C22H27FN2O5/c1-5-27-20-14-16(15-24-25-21(26)30-22(2,3)4)6-11-19(20)29-13-12-28-18-9-7-17(23)8-10-18/h6-11,14-15H,5,12-13H2,1-4H3,(H,25,26)/b24-15-. The van der Waals surface area contributed by atoms with Crippen molar-refractivity contribution in [1.29, 1.82) is 0 Å². The number of halogens is 1. The van der Waals surface area contributed by atoms with Gasteiger partial charge in [-0.2, -0.15) is 5.10 Å². The number of hydrogen-bond acceptors (Lipinski definition) is 6. The topological polar surface area (TPSA) is 78.4 Å². The number of ether oxygens (including phenoxy) is 4. The second-order valence-corrected chi connectivity index (χ2v) is 7.16. The maximum atomic E-state index is 12.9. The average molecular weight is 418 g/mol. The van der Waals surface area contributed by atoms with Crippen LogP contribution < -0.4 is 19.6 Å². The molecule has 0 saturated carbocycles. The molecule has 0 spiro atoms. The zero-order valence-corrected chi connectivity index (χ0v) is 17.6. The van der Waals surface area contributed by atoms with Gasteiger partial charge in [-0.1, -0.05) is 0 Å². The lowest BCUT2D eigenvalue weighted by Gasteiger charge is -2.18. The minimum atomic E-state index is -0.634. The fraction of sp³-hybridized carbons (Fsp3) is 0.364. The van der Waals surface area contributed by atoms with Gasteiger partial charge in [0, 0.05) is 0 Å². The monoisotopic (exact) mass is 418 g/mol. The Balaban J connectivity index is 1.89. The minimum Gasteiger partial charge on any atom is -0.490 e. The summed E-state index contributed by atoms with van der Waals surface area (Å²) >= 11 is 0. The summed E-state index contributed by atoms with van der Waals surface area (Å²) in [5.74, 6) is 1.34. The molecule has 1 N–H and O–H groups in total. The van der Waals surface area contributed by atoms with Gasteiger partial charge in [0.05, 0.1) is 12.8 Å². The number of hydrogen-bond donors (Lipinski definition) is 1. The summed E-state index contributed by atoms with van der Waals surface area (Å²) in [5.41, 5.74) is 2.43. The maximum Gasteiger partial charge on any atom is 0.428 e. The van der Waals surface area contributed by atoms with Crippen LogP contribution in [-0.2, 0) is 4.74 Å². The Morgan fingerprint density at radius 3 is 2.40 bits per heavy atom. The number of hydrazone groups is 1. The van der Waals surface area contributed by atoms with Gasteiger partial charge in [0.25, 0.3) is 0 Å². The van der Waals surface area contributed by atoms with Crippen LogP contribution in [0.25, 0.3) is 0 Å². The first-order valence-corrected chi connectivity index (χ1v) is 9.57. The van der Waals surface area contributed by atoms with Crippen molar-refractivity contribution in [1.82, 2.24) is 5.43 Å². The van der Waals surface area contributed by atoms with Gasteiger partial charge in [0.15, 0.2) is 11.5 Å². The van der Waals surface area contributed by atoms with Gasteiger partial charge >= 0.3 is 6.09 Å². The van der Waals surface area contributed by atoms with E-state index in [1.807, 2.05) is 6.92 Å². The number of carbonyl (C=O) groups excluding carboxylic acids is 1. The van der Waals surface area contributed by atoms with Gasteiger partial charge < -0.3 is 18.9 Å². The lowest BCUT2D eigenvalue weighted by Crippen LogP contribution is -2.29. The number of amides is 1. The van der Waals surface area contributed by atoms with Crippen LogP contribution in [-0.4, -0.2) is 37.7 Å². The largest absolute Gasteiger partial charge is 0.490 e. The van der Waals surface area contributed by atoms with Crippen molar-refractivity contribution in [3.63, 3.8) is 0 Å². The number of carbonyl (C=O) groups is 1. The molecule has 8 heteroatoms. The fourth-order valence-electron chi connectivity index (χ4n) is 2.29. The van der Waals surface area contributed by atoms with E-state index in [2.05, 4.69) is 10.5 Å². The molecule has 0 unspecified atom stereocenters. The number of rotatable bonds is 9. The molecule has 0 aliphatic carbocycles. The Morgan fingerprint density at radius 2 is 1.73 bits per heavy atom. The Labute approximate surface area is 175 Å². The molecule has 0 atom stereocenters. The molecule has 2 rings (SSSR count). The van der Waals surface area contributed by atoms with Crippen LogP contribution in [0.1, 0.15) is 33.3 Å². The first kappa shape index (κ1) is 23.0. The number of nitrogens with zero attached hydrogens (tertiary/aromatic N) is 1. The molecule has 7 nitrogen and oxygen atoms in total. The Kier molecular flexibility index (Phi) is 8.46. The molecule has 0 aliphatic rings. The molecule has 0 radical (unpaired) electrons. The first-order valence-electron chi connectivity index (χ1n) is 9.57. The fourth-order valence-corrected chi connectivity index (χ4v) is 2.29. The summed E-state index contributed by atoms with van der Waals surface area (Å²) in [7, 11) is 0. The lowest BCUT2D eigenvalue weighted by molar-refractivity contribution is 0.0529. The predicted molar refractivity (Wildman–Crippen MR) is 112 cm³/mol. The molecule has 1 amide bonds. The predicted octanol–water partition coefficient (Wildman–Crippen LogP) is 4.54. The van der Waals surface area contributed by atoms with Crippen molar-refractivity contribution in [2.45, 2.75) is 33.3 Å². The second kappa shape index (κ2) is 11.0. The van der Waals surface area contributed by atoms with E-state index < -0.39 is 11.7 Å². The van der Waals surface area contributed by atoms with E-state index in [0.717, 1.165) is 0 Å². The highest BCUT2D eigenvalue weighted by Crippen LogP contribution is 2.28. The Hall–Kier alpha value is -3.29. The third kappa shape index (κ3) is 8.38. The van der Waals surface area contributed by atoms with E-state index in [0.29, 0.717) is 36.0 Å². The third-order valence-corrected chi connectivity index (χ3v) is 3.46. The molecule has 0 aromatic heterocycles. The zero-order valence-electron chi connectivity index (χ0n) is 17.6. The van der Waals surface area contributed by atoms with Crippen molar-refractivity contribution < 1.29 is 28.1 Å². The normalized spacial score (nSPS) is 11.2. The molecular formula is C22H27FN2O5. The lowest BCUT2D eigenvalue weighted by atomic mass is 10.2. The summed E-state index contributed by atoms with van der Waals surface area (Å²) in [6.45, 7) is 8.22. The van der Waals surface area contributed by atoms with Gasteiger partial charge in [-0.3, -0.25) is 0 Å². The highest BCUT2D eigenvalue weighted by molar-refractivity contribution is 5.82. The molecular weight excluding hydrogens is 391 g/mol. The van der Waals surface area contributed by atoms with Gasteiger partial charge in [-0.15, -0.1) is 0 Å². The summed E-state index contributed by atoms with van der Waals surface area (Å²) in [6.07, 6.45) is 0.846. The van der Waals surface area contributed by atoms with Gasteiger partial charge in [-0.05, 0) is 75.7 Å². The molecule has 0 bridgehead atoms.